The zero-order valence-corrected chi connectivity index (χ0v) is 13.0. The van der Waals surface area contributed by atoms with Crippen molar-refractivity contribution >= 4 is 5.91 Å². The minimum atomic E-state index is 0.146. The fraction of sp³-hybridized carbons (Fsp3) is 0.588. The maximum Gasteiger partial charge on any atom is 0.222 e. The van der Waals surface area contributed by atoms with Crippen molar-refractivity contribution in [1.29, 1.82) is 0 Å². The van der Waals surface area contributed by atoms with E-state index in [9.17, 15) is 4.79 Å². The number of hydrogen-bond acceptors (Lipinski definition) is 3. The molecule has 4 heteroatoms. The molecule has 1 aromatic carbocycles. The number of carbonyl (C=O) groups is 1. The number of benzene rings is 1. The molecule has 0 aliphatic carbocycles. The van der Waals surface area contributed by atoms with Gasteiger partial charge in [0.25, 0.3) is 0 Å². The maximum atomic E-state index is 12.3. The molecule has 0 aromatic heterocycles. The first-order valence-electron chi connectivity index (χ1n) is 7.75. The van der Waals surface area contributed by atoms with Crippen LogP contribution in [-0.4, -0.2) is 37.0 Å². The Morgan fingerprint density at radius 3 is 2.95 bits per heavy atom. The average Bonchev–Trinajstić information content (AvgIpc) is 2.47. The third-order valence-corrected chi connectivity index (χ3v) is 4.09. The molecule has 1 amide bonds. The number of piperidine rings is 1. The van der Waals surface area contributed by atoms with Crippen LogP contribution in [-0.2, 0) is 11.2 Å². The highest BCUT2D eigenvalue weighted by Crippen LogP contribution is 2.23. The van der Waals surface area contributed by atoms with E-state index >= 15 is 0 Å². The summed E-state index contributed by atoms with van der Waals surface area (Å²) in [5, 5.41) is 0. The number of hydrogen-bond donors (Lipinski definition) is 1. The number of ether oxygens (including phenoxy) is 1. The van der Waals surface area contributed by atoms with E-state index in [2.05, 4.69) is 13.0 Å². The number of nitrogens with zero attached hydrogens (tertiary/aromatic N) is 1. The number of rotatable bonds is 5. The second-order valence-electron chi connectivity index (χ2n) is 6.07. The molecule has 4 nitrogen and oxygen atoms in total. The van der Waals surface area contributed by atoms with Crippen LogP contribution in [0.2, 0.25) is 0 Å². The average molecular weight is 290 g/mol. The van der Waals surface area contributed by atoms with Gasteiger partial charge in [-0.3, -0.25) is 4.79 Å². The Balaban J connectivity index is 1.89. The number of methoxy groups -OCH3 is 1. The van der Waals surface area contributed by atoms with Gasteiger partial charge >= 0.3 is 0 Å². The van der Waals surface area contributed by atoms with Crippen molar-refractivity contribution in [2.75, 3.05) is 20.2 Å². The van der Waals surface area contributed by atoms with E-state index in [1.165, 1.54) is 0 Å². The minimum absolute atomic E-state index is 0.146. The van der Waals surface area contributed by atoms with Crippen molar-refractivity contribution in [2.45, 2.75) is 38.6 Å². The number of nitrogens with two attached hydrogens (primary N) is 1. The van der Waals surface area contributed by atoms with Crippen LogP contribution in [0, 0.1) is 5.92 Å². The molecule has 1 fully saturated rings. The lowest BCUT2D eigenvalue weighted by Gasteiger charge is -2.31. The van der Waals surface area contributed by atoms with Gasteiger partial charge in [0.15, 0.2) is 0 Å². The van der Waals surface area contributed by atoms with E-state index in [1.807, 2.05) is 23.1 Å². The van der Waals surface area contributed by atoms with Gasteiger partial charge in [-0.15, -0.1) is 0 Å². The van der Waals surface area contributed by atoms with Crippen LogP contribution in [0.4, 0.5) is 0 Å². The van der Waals surface area contributed by atoms with E-state index in [4.69, 9.17) is 10.5 Å². The molecule has 0 spiro atoms. The zero-order chi connectivity index (χ0) is 15.2. The molecule has 2 atom stereocenters. The standard InChI is InChI=1S/C17H26N2O2/c1-13(10-14-6-3-4-8-16(14)21-2)11-17(20)19-9-5-7-15(18)12-19/h3-4,6,8,13,15H,5,7,9-12,18H2,1-2H3/t13-,15+/m1/s1. The molecule has 1 heterocycles. The molecule has 116 valence electrons. The highest BCUT2D eigenvalue weighted by Gasteiger charge is 2.22. The normalized spacial score (nSPS) is 20.1. The zero-order valence-electron chi connectivity index (χ0n) is 13.0. The summed E-state index contributed by atoms with van der Waals surface area (Å²) in [5.74, 6) is 1.43. The number of likely N-dealkylation sites (tertiary alicyclic amines) is 1. The van der Waals surface area contributed by atoms with E-state index in [1.54, 1.807) is 7.11 Å². The molecule has 0 bridgehead atoms. The monoisotopic (exact) mass is 290 g/mol. The number of amides is 1. The molecule has 1 aliphatic rings. The second-order valence-corrected chi connectivity index (χ2v) is 6.07. The molecular formula is C17H26N2O2. The number of para-hydroxylation sites is 1. The minimum Gasteiger partial charge on any atom is -0.496 e. The summed E-state index contributed by atoms with van der Waals surface area (Å²) >= 11 is 0. The van der Waals surface area contributed by atoms with Crippen molar-refractivity contribution in [3.05, 3.63) is 29.8 Å². The predicted octanol–water partition coefficient (Wildman–Crippen LogP) is 2.21. The van der Waals surface area contributed by atoms with Crippen LogP contribution in [0.15, 0.2) is 24.3 Å². The van der Waals surface area contributed by atoms with Crippen molar-refractivity contribution in [3.63, 3.8) is 0 Å². The third-order valence-electron chi connectivity index (χ3n) is 4.09. The molecule has 0 radical (unpaired) electrons. The van der Waals surface area contributed by atoms with E-state index in [0.29, 0.717) is 18.9 Å². The van der Waals surface area contributed by atoms with Gasteiger partial charge in [0, 0.05) is 25.6 Å². The Labute approximate surface area is 127 Å². The van der Waals surface area contributed by atoms with Crippen LogP contribution in [0.25, 0.3) is 0 Å². The lowest BCUT2D eigenvalue weighted by atomic mass is 9.96. The Morgan fingerprint density at radius 2 is 2.24 bits per heavy atom. The molecular weight excluding hydrogens is 264 g/mol. The van der Waals surface area contributed by atoms with Gasteiger partial charge in [0.05, 0.1) is 7.11 Å². The van der Waals surface area contributed by atoms with Crippen LogP contribution in [0.1, 0.15) is 31.7 Å². The van der Waals surface area contributed by atoms with Gasteiger partial charge in [0.1, 0.15) is 5.75 Å². The van der Waals surface area contributed by atoms with Crippen LogP contribution in [0.3, 0.4) is 0 Å². The van der Waals surface area contributed by atoms with Gasteiger partial charge in [-0.25, -0.2) is 0 Å². The van der Waals surface area contributed by atoms with Gasteiger partial charge in [-0.05, 0) is 36.8 Å². The van der Waals surface area contributed by atoms with Crippen LogP contribution < -0.4 is 10.5 Å². The Kier molecular flexibility index (Phi) is 5.62. The van der Waals surface area contributed by atoms with Crippen molar-refractivity contribution < 1.29 is 9.53 Å². The summed E-state index contributed by atoms with van der Waals surface area (Å²) in [7, 11) is 1.68. The van der Waals surface area contributed by atoms with Gasteiger partial charge < -0.3 is 15.4 Å². The topological polar surface area (TPSA) is 55.6 Å². The largest absolute Gasteiger partial charge is 0.496 e. The summed E-state index contributed by atoms with van der Waals surface area (Å²) in [5.41, 5.74) is 7.11. The van der Waals surface area contributed by atoms with Crippen molar-refractivity contribution in [1.82, 2.24) is 4.90 Å². The van der Waals surface area contributed by atoms with E-state index in [0.717, 1.165) is 37.1 Å². The van der Waals surface area contributed by atoms with Gasteiger partial charge in [-0.2, -0.15) is 0 Å². The maximum absolute atomic E-state index is 12.3. The first-order valence-corrected chi connectivity index (χ1v) is 7.75. The molecule has 21 heavy (non-hydrogen) atoms. The molecule has 1 aliphatic heterocycles. The summed E-state index contributed by atoms with van der Waals surface area (Å²) in [6.07, 6.45) is 3.48. The third kappa shape index (κ3) is 4.46. The van der Waals surface area contributed by atoms with Crippen LogP contribution in [0.5, 0.6) is 5.75 Å². The molecule has 0 unspecified atom stereocenters. The predicted molar refractivity (Wildman–Crippen MR) is 84.3 cm³/mol. The highest BCUT2D eigenvalue weighted by molar-refractivity contribution is 5.76. The SMILES string of the molecule is COc1ccccc1C[C@@H](C)CC(=O)N1CCC[C@H](N)C1. The van der Waals surface area contributed by atoms with Gasteiger partial charge in [-0.1, -0.05) is 25.1 Å². The molecule has 2 rings (SSSR count). The summed E-state index contributed by atoms with van der Waals surface area (Å²) in [4.78, 5) is 14.3. The number of carbonyl (C=O) groups excluding carboxylic acids is 1. The molecule has 1 aromatic rings. The first-order chi connectivity index (χ1) is 10.1. The van der Waals surface area contributed by atoms with E-state index in [-0.39, 0.29) is 11.9 Å². The summed E-state index contributed by atoms with van der Waals surface area (Å²) in [6, 6.07) is 8.15. The lowest BCUT2D eigenvalue weighted by Crippen LogP contribution is -2.46. The highest BCUT2D eigenvalue weighted by atomic mass is 16.5. The van der Waals surface area contributed by atoms with Crippen molar-refractivity contribution in [2.24, 2.45) is 11.7 Å². The van der Waals surface area contributed by atoms with E-state index < -0.39 is 0 Å². The van der Waals surface area contributed by atoms with Gasteiger partial charge in [0.2, 0.25) is 5.91 Å². The first kappa shape index (κ1) is 15.8. The Hall–Kier alpha value is -1.55. The molecule has 2 N–H and O–H groups in total. The Morgan fingerprint density at radius 1 is 1.48 bits per heavy atom. The molecule has 1 saturated heterocycles. The fourth-order valence-corrected chi connectivity index (χ4v) is 2.98. The smallest absolute Gasteiger partial charge is 0.222 e. The summed E-state index contributed by atoms with van der Waals surface area (Å²) in [6.45, 7) is 3.68. The lowest BCUT2D eigenvalue weighted by molar-refractivity contribution is -0.133. The van der Waals surface area contributed by atoms with Crippen LogP contribution >= 0.6 is 0 Å². The summed E-state index contributed by atoms with van der Waals surface area (Å²) < 4.78 is 5.37. The molecule has 0 saturated carbocycles. The second kappa shape index (κ2) is 7.46. The Bertz CT molecular complexity index is 476. The fourth-order valence-electron chi connectivity index (χ4n) is 2.98. The quantitative estimate of drug-likeness (QED) is 0.904. The van der Waals surface area contributed by atoms with Crippen molar-refractivity contribution in [3.8, 4) is 5.75 Å².